The van der Waals surface area contributed by atoms with Crippen LogP contribution in [0.3, 0.4) is 0 Å². The molecule has 0 atom stereocenters. The summed E-state index contributed by atoms with van der Waals surface area (Å²) in [4.78, 5) is 0. The molecule has 0 aliphatic carbocycles. The minimum Gasteiger partial charge on any atom is -0.494 e. The van der Waals surface area contributed by atoms with Crippen molar-refractivity contribution in [3.63, 3.8) is 0 Å². The van der Waals surface area contributed by atoms with E-state index < -0.39 is 0 Å². The lowest BCUT2D eigenvalue weighted by molar-refractivity contribution is 0.340. The van der Waals surface area contributed by atoms with Gasteiger partial charge in [-0.25, -0.2) is 4.68 Å². The zero-order valence-corrected chi connectivity index (χ0v) is 11.8. The fraction of sp³-hybridized carbons (Fsp3) is 0.400. The monoisotopic (exact) mass is 259 g/mol. The molecule has 1 aromatic heterocycles. The molecular weight excluding hydrogens is 238 g/mol. The maximum Gasteiger partial charge on any atom is 0.124 e. The number of anilines is 1. The van der Waals surface area contributed by atoms with E-state index in [1.165, 1.54) is 5.56 Å². The van der Waals surface area contributed by atoms with Crippen molar-refractivity contribution >= 4 is 5.82 Å². The van der Waals surface area contributed by atoms with Crippen LogP contribution in [0.25, 0.3) is 0 Å². The maximum atomic E-state index is 5.43. The lowest BCUT2D eigenvalue weighted by atomic mass is 10.2. The Balaban J connectivity index is 1.96. The molecular formula is C15H21N3O. The molecule has 0 amide bonds. The first kappa shape index (κ1) is 13.5. The number of rotatable bonds is 6. The highest BCUT2D eigenvalue weighted by Gasteiger charge is 2.05. The molecule has 0 aliphatic rings. The van der Waals surface area contributed by atoms with E-state index in [1.807, 2.05) is 36.0 Å². The highest BCUT2D eigenvalue weighted by molar-refractivity contribution is 5.36. The van der Waals surface area contributed by atoms with Crippen LogP contribution in [0.15, 0.2) is 36.5 Å². The van der Waals surface area contributed by atoms with E-state index >= 15 is 0 Å². The minimum atomic E-state index is 0.359. The Hall–Kier alpha value is -1.97. The van der Waals surface area contributed by atoms with Crippen LogP contribution in [0.4, 0.5) is 5.82 Å². The Labute approximate surface area is 114 Å². The average molecular weight is 259 g/mol. The molecule has 2 rings (SSSR count). The number of benzene rings is 1. The van der Waals surface area contributed by atoms with Crippen molar-refractivity contribution in [1.82, 2.24) is 9.78 Å². The van der Waals surface area contributed by atoms with Gasteiger partial charge in [-0.15, -0.1) is 0 Å². The smallest absolute Gasteiger partial charge is 0.124 e. The van der Waals surface area contributed by atoms with E-state index in [1.54, 1.807) is 0 Å². The fourth-order valence-corrected chi connectivity index (χ4v) is 1.93. The highest BCUT2D eigenvalue weighted by Crippen LogP contribution is 2.16. The molecule has 0 saturated heterocycles. The van der Waals surface area contributed by atoms with E-state index in [-0.39, 0.29) is 0 Å². The van der Waals surface area contributed by atoms with Crippen molar-refractivity contribution in [2.75, 3.05) is 11.9 Å². The molecule has 0 aliphatic heterocycles. The predicted molar refractivity (Wildman–Crippen MR) is 77.5 cm³/mol. The van der Waals surface area contributed by atoms with Gasteiger partial charge in [0, 0.05) is 18.7 Å². The first-order valence-electron chi connectivity index (χ1n) is 6.70. The lowest BCUT2D eigenvalue weighted by Crippen LogP contribution is -2.09. The number of ether oxygens (including phenoxy) is 1. The van der Waals surface area contributed by atoms with Crippen LogP contribution >= 0.6 is 0 Å². The van der Waals surface area contributed by atoms with Gasteiger partial charge in [-0.2, -0.15) is 5.10 Å². The predicted octanol–water partition coefficient (Wildman–Crippen LogP) is 3.47. The first-order valence-corrected chi connectivity index (χ1v) is 6.70. The first-order chi connectivity index (χ1) is 9.20. The van der Waals surface area contributed by atoms with Gasteiger partial charge in [-0.3, -0.25) is 0 Å². The van der Waals surface area contributed by atoms with Gasteiger partial charge in [0.2, 0.25) is 0 Å². The molecule has 102 valence electrons. The standard InChI is InChI=1S/C15H21N3O/c1-4-19-14-7-5-13(6-8-14)11-16-15-9-10-17-18(15)12(2)3/h5-10,12,16H,4,11H2,1-3H3. The summed E-state index contributed by atoms with van der Waals surface area (Å²) in [7, 11) is 0. The van der Waals surface area contributed by atoms with Crippen molar-refractivity contribution in [1.29, 1.82) is 0 Å². The molecule has 0 unspecified atom stereocenters. The normalized spacial score (nSPS) is 10.7. The second kappa shape index (κ2) is 6.27. The van der Waals surface area contributed by atoms with Crippen LogP contribution in [0.2, 0.25) is 0 Å². The van der Waals surface area contributed by atoms with Crippen LogP contribution in [-0.2, 0) is 6.54 Å². The molecule has 4 nitrogen and oxygen atoms in total. The Kier molecular flexibility index (Phi) is 4.44. The van der Waals surface area contributed by atoms with Crippen molar-refractivity contribution in [2.45, 2.75) is 33.4 Å². The molecule has 0 spiro atoms. The second-order valence-electron chi connectivity index (χ2n) is 4.69. The van der Waals surface area contributed by atoms with Crippen LogP contribution in [0, 0.1) is 0 Å². The van der Waals surface area contributed by atoms with Crippen molar-refractivity contribution in [2.24, 2.45) is 0 Å². The number of aromatic nitrogens is 2. The van der Waals surface area contributed by atoms with Gasteiger partial charge in [0.05, 0.1) is 12.8 Å². The van der Waals surface area contributed by atoms with Crippen molar-refractivity contribution in [3.8, 4) is 5.75 Å². The van der Waals surface area contributed by atoms with Crippen molar-refractivity contribution in [3.05, 3.63) is 42.1 Å². The van der Waals surface area contributed by atoms with Gasteiger partial charge in [0.15, 0.2) is 0 Å². The minimum absolute atomic E-state index is 0.359. The fourth-order valence-electron chi connectivity index (χ4n) is 1.93. The second-order valence-corrected chi connectivity index (χ2v) is 4.69. The molecule has 0 bridgehead atoms. The summed E-state index contributed by atoms with van der Waals surface area (Å²) in [6.45, 7) is 7.71. The van der Waals surface area contributed by atoms with Crippen molar-refractivity contribution < 1.29 is 4.74 Å². The van der Waals surface area contributed by atoms with E-state index in [4.69, 9.17) is 4.74 Å². The zero-order chi connectivity index (χ0) is 13.7. The zero-order valence-electron chi connectivity index (χ0n) is 11.8. The third-order valence-electron chi connectivity index (χ3n) is 2.87. The molecule has 0 saturated carbocycles. The number of nitrogens with zero attached hydrogens (tertiary/aromatic N) is 2. The molecule has 19 heavy (non-hydrogen) atoms. The summed E-state index contributed by atoms with van der Waals surface area (Å²) in [6.07, 6.45) is 1.82. The average Bonchev–Trinajstić information content (AvgIpc) is 2.87. The molecule has 0 radical (unpaired) electrons. The molecule has 1 N–H and O–H groups in total. The topological polar surface area (TPSA) is 39.1 Å². The van der Waals surface area contributed by atoms with Gasteiger partial charge < -0.3 is 10.1 Å². The molecule has 0 fully saturated rings. The summed E-state index contributed by atoms with van der Waals surface area (Å²) < 4.78 is 7.41. The molecule has 1 aromatic carbocycles. The van der Waals surface area contributed by atoms with Crippen LogP contribution in [0.1, 0.15) is 32.4 Å². The number of hydrogen-bond donors (Lipinski definition) is 1. The largest absolute Gasteiger partial charge is 0.494 e. The number of nitrogens with one attached hydrogen (secondary N) is 1. The maximum absolute atomic E-state index is 5.43. The van der Waals surface area contributed by atoms with E-state index in [0.29, 0.717) is 12.6 Å². The van der Waals surface area contributed by atoms with Gasteiger partial charge >= 0.3 is 0 Å². The third-order valence-corrected chi connectivity index (χ3v) is 2.87. The van der Waals surface area contributed by atoms with Crippen LogP contribution < -0.4 is 10.1 Å². The SMILES string of the molecule is CCOc1ccc(CNc2ccnn2C(C)C)cc1. The van der Waals surface area contributed by atoms with Crippen LogP contribution in [0.5, 0.6) is 5.75 Å². The van der Waals surface area contributed by atoms with Gasteiger partial charge in [0.25, 0.3) is 0 Å². The number of hydrogen-bond acceptors (Lipinski definition) is 3. The summed E-state index contributed by atoms with van der Waals surface area (Å²) in [5, 5.41) is 7.70. The van der Waals surface area contributed by atoms with E-state index in [9.17, 15) is 0 Å². The quantitative estimate of drug-likeness (QED) is 0.863. The Morgan fingerprint density at radius 3 is 2.58 bits per heavy atom. The molecule has 1 heterocycles. The lowest BCUT2D eigenvalue weighted by Gasteiger charge is -2.12. The summed E-state index contributed by atoms with van der Waals surface area (Å²) in [5.41, 5.74) is 1.22. The third kappa shape index (κ3) is 3.50. The summed E-state index contributed by atoms with van der Waals surface area (Å²) in [6, 6.07) is 10.5. The van der Waals surface area contributed by atoms with Crippen LogP contribution in [-0.4, -0.2) is 16.4 Å². The van der Waals surface area contributed by atoms with Gasteiger partial charge in [0.1, 0.15) is 11.6 Å². The Bertz CT molecular complexity index is 502. The van der Waals surface area contributed by atoms with Gasteiger partial charge in [-0.1, -0.05) is 12.1 Å². The van der Waals surface area contributed by atoms with E-state index in [0.717, 1.165) is 18.1 Å². The highest BCUT2D eigenvalue weighted by atomic mass is 16.5. The molecule has 2 aromatic rings. The van der Waals surface area contributed by atoms with Gasteiger partial charge in [-0.05, 0) is 38.5 Å². The Morgan fingerprint density at radius 2 is 1.95 bits per heavy atom. The Morgan fingerprint density at radius 1 is 1.21 bits per heavy atom. The molecule has 4 heteroatoms. The summed E-state index contributed by atoms with van der Waals surface area (Å²) >= 11 is 0. The summed E-state index contributed by atoms with van der Waals surface area (Å²) in [5.74, 6) is 1.96. The van der Waals surface area contributed by atoms with E-state index in [2.05, 4.69) is 36.4 Å².